The second-order valence-electron chi connectivity index (χ2n) is 1.37. The molecule has 32 valence electrons. The van der Waals surface area contributed by atoms with Crippen molar-refractivity contribution in [2.24, 2.45) is 11.9 Å². The molecule has 0 aromatic rings. The van der Waals surface area contributed by atoms with E-state index in [4.69, 9.17) is 11.9 Å². The SMILES string of the molecule is [CH3][Sn]([NH2])([NH2])[NH2]. The predicted octanol–water partition coefficient (Wildman–Crippen LogP) is -1.57. The molecule has 3 nitrogen and oxygen atoms in total. The van der Waals surface area contributed by atoms with E-state index >= 15 is 0 Å². The summed E-state index contributed by atoms with van der Waals surface area (Å²) in [7, 11) is 0. The quantitative estimate of drug-likeness (QED) is 0.396. The third kappa shape index (κ3) is 72.9. The van der Waals surface area contributed by atoms with Crippen LogP contribution in [0.4, 0.5) is 0 Å². The molecule has 0 aromatic heterocycles. The van der Waals surface area contributed by atoms with Crippen molar-refractivity contribution in [3.63, 3.8) is 0 Å². The van der Waals surface area contributed by atoms with E-state index in [-0.39, 0.29) is 0 Å². The van der Waals surface area contributed by atoms with Gasteiger partial charge in [0.15, 0.2) is 0 Å². The fourth-order valence-electron chi connectivity index (χ4n) is 0. The summed E-state index contributed by atoms with van der Waals surface area (Å²) in [5.41, 5.74) is 0. The van der Waals surface area contributed by atoms with E-state index in [2.05, 4.69) is 0 Å². The molecule has 6 N–H and O–H groups in total. The van der Waals surface area contributed by atoms with Crippen LogP contribution in [0, 0.1) is 0 Å². The second kappa shape index (κ2) is 1.42. The summed E-state index contributed by atoms with van der Waals surface area (Å²) in [5, 5.41) is 0. The van der Waals surface area contributed by atoms with Gasteiger partial charge in [-0.1, -0.05) is 0 Å². The van der Waals surface area contributed by atoms with Crippen molar-refractivity contribution in [1.29, 1.82) is 0 Å². The molecule has 0 aliphatic rings. The van der Waals surface area contributed by atoms with Gasteiger partial charge < -0.3 is 0 Å². The van der Waals surface area contributed by atoms with Crippen molar-refractivity contribution in [2.75, 3.05) is 0 Å². The molecule has 0 amide bonds. The average Bonchev–Trinajstić information content (AvgIpc) is 0.722. The van der Waals surface area contributed by atoms with E-state index in [9.17, 15) is 0 Å². The van der Waals surface area contributed by atoms with Gasteiger partial charge in [0.05, 0.1) is 0 Å². The molecule has 0 bridgehead atoms. The first-order valence-corrected chi connectivity index (χ1v) is 9.16. The standard InChI is InChI=1S/CH3.3H2N.Sn/h1H3;3*1H2;/q;3*-1;+3. The molecule has 0 heterocycles. The Morgan fingerprint density at radius 2 is 1.20 bits per heavy atom. The summed E-state index contributed by atoms with van der Waals surface area (Å²) in [5.74, 6) is 0. The topological polar surface area (TPSA) is 78.1 Å². The second-order valence-corrected chi connectivity index (χ2v) is 9.16. The number of hydrogen-bond donors (Lipinski definition) is 3. The first kappa shape index (κ1) is 5.68. The van der Waals surface area contributed by atoms with Gasteiger partial charge in [-0.05, 0) is 0 Å². The van der Waals surface area contributed by atoms with Crippen molar-refractivity contribution in [3.8, 4) is 0 Å². The van der Waals surface area contributed by atoms with Crippen LogP contribution in [0.15, 0.2) is 0 Å². The van der Waals surface area contributed by atoms with Crippen molar-refractivity contribution in [3.05, 3.63) is 0 Å². The zero-order chi connectivity index (χ0) is 4.50. The Morgan fingerprint density at radius 3 is 1.20 bits per heavy atom. The monoisotopic (exact) mass is 183 g/mol. The summed E-state index contributed by atoms with van der Waals surface area (Å²) in [6.07, 6.45) is 0. The van der Waals surface area contributed by atoms with Gasteiger partial charge in [0.1, 0.15) is 0 Å². The first-order chi connectivity index (χ1) is 2.00. The molecule has 4 heteroatoms. The molecule has 5 heavy (non-hydrogen) atoms. The Morgan fingerprint density at radius 1 is 1.20 bits per heavy atom. The van der Waals surface area contributed by atoms with Crippen LogP contribution < -0.4 is 11.9 Å². The van der Waals surface area contributed by atoms with Gasteiger partial charge in [0, 0.05) is 0 Å². The van der Waals surface area contributed by atoms with Crippen LogP contribution in [0.25, 0.3) is 0 Å². The summed E-state index contributed by atoms with van der Waals surface area (Å²) in [6, 6.07) is 0. The third-order valence-electron chi connectivity index (χ3n) is 0. The van der Waals surface area contributed by atoms with Crippen LogP contribution in [0.1, 0.15) is 0 Å². The molecule has 0 saturated heterocycles. The molecule has 0 aromatic carbocycles. The van der Waals surface area contributed by atoms with E-state index in [0.717, 1.165) is 0 Å². The van der Waals surface area contributed by atoms with Gasteiger partial charge in [0.25, 0.3) is 0 Å². The summed E-state index contributed by atoms with van der Waals surface area (Å²) in [6.45, 7) is 0. The van der Waals surface area contributed by atoms with Gasteiger partial charge in [-0.25, -0.2) is 0 Å². The number of hydrogen-bond acceptors (Lipinski definition) is 3. The maximum atomic E-state index is 5.12. The molecule has 0 unspecified atom stereocenters. The summed E-state index contributed by atoms with van der Waals surface area (Å²) >= 11 is -2.68. The van der Waals surface area contributed by atoms with Crippen LogP contribution in [-0.4, -0.2) is 19.2 Å². The van der Waals surface area contributed by atoms with Crippen LogP contribution in [0.5, 0.6) is 0 Å². The minimum atomic E-state index is -2.68. The molecular formula is CH9N3Sn. The van der Waals surface area contributed by atoms with Crippen LogP contribution in [0.2, 0.25) is 4.94 Å². The van der Waals surface area contributed by atoms with Crippen molar-refractivity contribution in [1.82, 2.24) is 0 Å². The molecular weight excluding hydrogens is 173 g/mol. The van der Waals surface area contributed by atoms with Gasteiger partial charge in [0.2, 0.25) is 0 Å². The Kier molecular flexibility index (Phi) is 1.61. The summed E-state index contributed by atoms with van der Waals surface area (Å²) in [4.78, 5) is 1.73. The average molecular weight is 182 g/mol. The molecule has 0 atom stereocenters. The molecule has 0 spiro atoms. The Hall–Kier alpha value is 0.679. The molecule has 0 fully saturated rings. The van der Waals surface area contributed by atoms with Crippen molar-refractivity contribution in [2.45, 2.75) is 4.94 Å². The molecule has 0 saturated carbocycles. The first-order valence-electron chi connectivity index (χ1n) is 1.37. The van der Waals surface area contributed by atoms with Gasteiger partial charge >= 0.3 is 36.0 Å². The molecule has 0 radical (unpaired) electrons. The Bertz CT molecular complexity index is 22.4. The third-order valence-corrected chi connectivity index (χ3v) is 0. The zero-order valence-corrected chi connectivity index (χ0v) is 6.09. The number of rotatable bonds is 0. The van der Waals surface area contributed by atoms with E-state index < -0.39 is 19.2 Å². The minimum absolute atomic E-state index is 1.73. The van der Waals surface area contributed by atoms with Crippen LogP contribution >= 0.6 is 0 Å². The van der Waals surface area contributed by atoms with Crippen LogP contribution in [0.3, 0.4) is 0 Å². The van der Waals surface area contributed by atoms with Crippen molar-refractivity contribution >= 4 is 19.2 Å². The van der Waals surface area contributed by atoms with E-state index in [1.807, 2.05) is 0 Å². The normalized spacial score (nSPS) is 12.0. The Labute approximate surface area is 36.4 Å². The van der Waals surface area contributed by atoms with E-state index in [1.165, 1.54) is 0 Å². The fraction of sp³-hybridized carbons (Fsp3) is 1.00. The molecule has 0 aliphatic heterocycles. The van der Waals surface area contributed by atoms with Gasteiger partial charge in [-0.3, -0.25) is 0 Å². The Balaban J connectivity index is 3.02. The van der Waals surface area contributed by atoms with Gasteiger partial charge in [-0.2, -0.15) is 0 Å². The van der Waals surface area contributed by atoms with E-state index in [1.54, 1.807) is 4.94 Å². The van der Waals surface area contributed by atoms with Crippen molar-refractivity contribution < 1.29 is 0 Å². The fourth-order valence-corrected chi connectivity index (χ4v) is 0. The van der Waals surface area contributed by atoms with Gasteiger partial charge in [-0.15, -0.1) is 0 Å². The van der Waals surface area contributed by atoms with E-state index in [0.29, 0.717) is 0 Å². The number of nitrogens with two attached hydrogens (primary N) is 3. The molecule has 0 rings (SSSR count). The zero-order valence-electron chi connectivity index (χ0n) is 3.23. The summed E-state index contributed by atoms with van der Waals surface area (Å²) < 4.78 is 15.4. The predicted molar refractivity (Wildman–Crippen MR) is 24.2 cm³/mol. The van der Waals surface area contributed by atoms with Crippen LogP contribution in [-0.2, 0) is 0 Å². The molecule has 0 aliphatic carbocycles. The maximum absolute atomic E-state index is 5.12.